The van der Waals surface area contributed by atoms with Gasteiger partial charge < -0.3 is 4.90 Å². The fraction of sp³-hybridized carbons (Fsp3) is 0.900. The van der Waals surface area contributed by atoms with Crippen LogP contribution >= 0.6 is 0 Å². The molecule has 0 bridgehead atoms. The largest absolute Gasteiger partial charge is 0.301 e. The van der Waals surface area contributed by atoms with Gasteiger partial charge in [-0.25, -0.2) is 0 Å². The van der Waals surface area contributed by atoms with Crippen LogP contribution < -0.4 is 0 Å². The molecule has 1 N–H and O–H groups in total. The number of rotatable bonds is 2. The van der Waals surface area contributed by atoms with E-state index in [0.717, 1.165) is 31.8 Å². The minimum atomic E-state index is 0.110. The van der Waals surface area contributed by atoms with Gasteiger partial charge in [-0.05, 0) is 39.8 Å². The van der Waals surface area contributed by atoms with Crippen molar-refractivity contribution in [2.24, 2.45) is 0 Å². The number of nitrogens with one attached hydrogen (secondary N) is 1. The van der Waals surface area contributed by atoms with Crippen LogP contribution in [0.2, 0.25) is 0 Å². The number of tetrazole rings is 1. The van der Waals surface area contributed by atoms with E-state index >= 15 is 0 Å². The zero-order valence-corrected chi connectivity index (χ0v) is 9.69. The monoisotopic (exact) mass is 209 g/mol. The fourth-order valence-corrected chi connectivity index (χ4v) is 2.18. The van der Waals surface area contributed by atoms with E-state index in [1.54, 1.807) is 0 Å². The van der Waals surface area contributed by atoms with Crippen molar-refractivity contribution in [2.75, 3.05) is 13.1 Å². The van der Waals surface area contributed by atoms with Crippen LogP contribution in [0.1, 0.15) is 39.4 Å². The second-order valence-corrected chi connectivity index (χ2v) is 4.93. The summed E-state index contributed by atoms with van der Waals surface area (Å²) in [6.07, 6.45) is 2.23. The number of aromatic nitrogens is 4. The van der Waals surface area contributed by atoms with Gasteiger partial charge in [0.05, 0.1) is 0 Å². The normalized spacial score (nSPS) is 22.1. The molecule has 0 atom stereocenters. The van der Waals surface area contributed by atoms with Crippen molar-refractivity contribution in [1.82, 2.24) is 25.5 Å². The molecule has 1 saturated heterocycles. The van der Waals surface area contributed by atoms with Crippen LogP contribution in [0.3, 0.4) is 0 Å². The lowest BCUT2D eigenvalue weighted by atomic mass is 9.79. The molecule has 2 rings (SSSR count). The Hall–Kier alpha value is -0.970. The zero-order chi connectivity index (χ0) is 10.9. The van der Waals surface area contributed by atoms with Crippen molar-refractivity contribution in [3.63, 3.8) is 0 Å². The Morgan fingerprint density at radius 1 is 1.33 bits per heavy atom. The molecular weight excluding hydrogens is 190 g/mol. The lowest BCUT2D eigenvalue weighted by Crippen LogP contribution is -2.44. The van der Waals surface area contributed by atoms with Gasteiger partial charge in [-0.2, -0.15) is 5.21 Å². The van der Waals surface area contributed by atoms with Crippen molar-refractivity contribution in [3.8, 4) is 0 Å². The number of likely N-dealkylation sites (tertiary alicyclic amines) is 1. The van der Waals surface area contributed by atoms with E-state index in [1.807, 2.05) is 0 Å². The van der Waals surface area contributed by atoms with Gasteiger partial charge in [0.25, 0.3) is 0 Å². The van der Waals surface area contributed by atoms with E-state index in [-0.39, 0.29) is 5.41 Å². The molecule has 0 saturated carbocycles. The molecule has 1 aromatic rings. The Morgan fingerprint density at radius 3 is 2.47 bits per heavy atom. The molecule has 0 amide bonds. The third kappa shape index (κ3) is 2.02. The first-order chi connectivity index (χ1) is 7.12. The molecule has 0 aromatic carbocycles. The van der Waals surface area contributed by atoms with Gasteiger partial charge in [0.15, 0.2) is 5.82 Å². The highest BCUT2D eigenvalue weighted by Gasteiger charge is 2.35. The molecule has 0 spiro atoms. The van der Waals surface area contributed by atoms with Crippen LogP contribution in [-0.4, -0.2) is 44.7 Å². The van der Waals surface area contributed by atoms with E-state index in [2.05, 4.69) is 46.3 Å². The SMILES string of the molecule is CC(C)N1CCC(C)(c2nn[nH]n2)CC1. The average Bonchev–Trinajstić information content (AvgIpc) is 2.71. The first-order valence-corrected chi connectivity index (χ1v) is 5.60. The van der Waals surface area contributed by atoms with Crippen LogP contribution in [0.25, 0.3) is 0 Å². The fourth-order valence-electron chi connectivity index (χ4n) is 2.18. The van der Waals surface area contributed by atoms with Gasteiger partial charge in [0, 0.05) is 11.5 Å². The lowest BCUT2D eigenvalue weighted by Gasteiger charge is -2.39. The van der Waals surface area contributed by atoms with Crippen LogP contribution in [0, 0.1) is 0 Å². The van der Waals surface area contributed by atoms with Crippen molar-refractivity contribution >= 4 is 0 Å². The number of hydrogen-bond donors (Lipinski definition) is 1. The molecule has 5 nitrogen and oxygen atoms in total. The zero-order valence-electron chi connectivity index (χ0n) is 9.69. The smallest absolute Gasteiger partial charge is 0.180 e. The standard InChI is InChI=1S/C10H19N5/c1-8(2)15-6-4-10(3,5-7-15)9-11-13-14-12-9/h8H,4-7H2,1-3H3,(H,11,12,13,14). The Bertz CT molecular complexity index is 298. The predicted molar refractivity (Wildman–Crippen MR) is 57.5 cm³/mol. The Morgan fingerprint density at radius 2 is 2.00 bits per heavy atom. The number of aromatic amines is 1. The van der Waals surface area contributed by atoms with Crippen LogP contribution in [0.15, 0.2) is 0 Å². The summed E-state index contributed by atoms with van der Waals surface area (Å²) < 4.78 is 0. The van der Waals surface area contributed by atoms with E-state index in [0.29, 0.717) is 6.04 Å². The Balaban J connectivity index is 2.03. The second-order valence-electron chi connectivity index (χ2n) is 4.93. The molecule has 0 radical (unpaired) electrons. The lowest BCUT2D eigenvalue weighted by molar-refractivity contribution is 0.133. The first-order valence-electron chi connectivity index (χ1n) is 5.60. The van der Waals surface area contributed by atoms with Crippen molar-refractivity contribution in [3.05, 3.63) is 5.82 Å². The van der Waals surface area contributed by atoms with Gasteiger partial charge in [-0.1, -0.05) is 12.1 Å². The van der Waals surface area contributed by atoms with Gasteiger partial charge in [0.1, 0.15) is 0 Å². The summed E-state index contributed by atoms with van der Waals surface area (Å²) in [5.41, 5.74) is 0.110. The van der Waals surface area contributed by atoms with Crippen molar-refractivity contribution in [2.45, 2.75) is 45.1 Å². The average molecular weight is 209 g/mol. The van der Waals surface area contributed by atoms with Crippen LogP contribution in [0.4, 0.5) is 0 Å². The summed E-state index contributed by atoms with van der Waals surface area (Å²) >= 11 is 0. The minimum absolute atomic E-state index is 0.110. The molecule has 5 heteroatoms. The molecular formula is C10H19N5. The number of hydrogen-bond acceptors (Lipinski definition) is 4. The summed E-state index contributed by atoms with van der Waals surface area (Å²) in [4.78, 5) is 2.50. The quantitative estimate of drug-likeness (QED) is 0.788. The molecule has 0 unspecified atom stereocenters. The third-order valence-corrected chi connectivity index (χ3v) is 3.52. The van der Waals surface area contributed by atoms with E-state index in [4.69, 9.17) is 0 Å². The summed E-state index contributed by atoms with van der Waals surface area (Å²) in [6, 6.07) is 0.639. The van der Waals surface area contributed by atoms with Gasteiger partial charge >= 0.3 is 0 Å². The topological polar surface area (TPSA) is 57.7 Å². The van der Waals surface area contributed by atoms with E-state index < -0.39 is 0 Å². The highest BCUT2D eigenvalue weighted by Crippen LogP contribution is 2.32. The third-order valence-electron chi connectivity index (χ3n) is 3.52. The molecule has 1 aromatic heterocycles. The highest BCUT2D eigenvalue weighted by atomic mass is 15.5. The minimum Gasteiger partial charge on any atom is -0.301 e. The molecule has 1 aliphatic heterocycles. The number of nitrogens with zero attached hydrogens (tertiary/aromatic N) is 4. The van der Waals surface area contributed by atoms with Gasteiger partial charge in [0.2, 0.25) is 0 Å². The molecule has 15 heavy (non-hydrogen) atoms. The van der Waals surface area contributed by atoms with Gasteiger partial charge in [-0.3, -0.25) is 0 Å². The number of H-pyrrole nitrogens is 1. The van der Waals surface area contributed by atoms with E-state index in [1.165, 1.54) is 0 Å². The van der Waals surface area contributed by atoms with Crippen LogP contribution in [0.5, 0.6) is 0 Å². The molecule has 0 aliphatic carbocycles. The maximum Gasteiger partial charge on any atom is 0.180 e. The summed E-state index contributed by atoms with van der Waals surface area (Å²) in [7, 11) is 0. The molecule has 84 valence electrons. The maximum absolute atomic E-state index is 4.12. The Kier molecular flexibility index (Phi) is 2.73. The predicted octanol–water partition coefficient (Wildman–Crippen LogP) is 0.962. The Labute approximate surface area is 90.2 Å². The summed E-state index contributed by atoms with van der Waals surface area (Å²) in [5.74, 6) is 0.867. The number of piperidine rings is 1. The highest BCUT2D eigenvalue weighted by molar-refractivity contribution is 5.05. The van der Waals surface area contributed by atoms with Crippen molar-refractivity contribution < 1.29 is 0 Å². The molecule has 2 heterocycles. The molecule has 1 fully saturated rings. The van der Waals surface area contributed by atoms with Crippen LogP contribution in [-0.2, 0) is 5.41 Å². The summed E-state index contributed by atoms with van der Waals surface area (Å²) in [5, 5.41) is 14.4. The summed E-state index contributed by atoms with van der Waals surface area (Å²) in [6.45, 7) is 8.98. The second kappa shape index (κ2) is 3.89. The van der Waals surface area contributed by atoms with E-state index in [9.17, 15) is 0 Å². The van der Waals surface area contributed by atoms with Gasteiger partial charge in [-0.15, -0.1) is 10.2 Å². The van der Waals surface area contributed by atoms with Crippen molar-refractivity contribution in [1.29, 1.82) is 0 Å². The maximum atomic E-state index is 4.12. The first kappa shape index (κ1) is 10.5. The molecule has 1 aliphatic rings.